The van der Waals surface area contributed by atoms with Gasteiger partial charge in [-0.2, -0.15) is 11.8 Å². The summed E-state index contributed by atoms with van der Waals surface area (Å²) in [5.74, 6) is 5.52. The molecule has 1 saturated heterocycles. The molecule has 17 heavy (non-hydrogen) atoms. The van der Waals surface area contributed by atoms with Crippen LogP contribution in [0.15, 0.2) is 4.99 Å². The molecule has 1 N–H and O–H groups in total. The second-order valence-electron chi connectivity index (χ2n) is 4.53. The van der Waals surface area contributed by atoms with Crippen LogP contribution in [0.1, 0.15) is 20.3 Å². The highest BCUT2D eigenvalue weighted by molar-refractivity contribution is 8.00. The van der Waals surface area contributed by atoms with E-state index in [4.69, 9.17) is 6.42 Å². The van der Waals surface area contributed by atoms with E-state index in [-0.39, 0.29) is 0 Å². The highest BCUT2D eigenvalue weighted by Gasteiger charge is 2.24. The maximum absolute atomic E-state index is 5.25. The molecule has 0 saturated carbocycles. The van der Waals surface area contributed by atoms with E-state index in [2.05, 4.69) is 46.7 Å². The standard InChI is InChI=1S/C13H23N3S/c1-5-6-7-15-13(14-4)16-8-9-17-12(10-16)11(2)3/h1,11-12H,6-10H2,2-4H3,(H,14,15). The lowest BCUT2D eigenvalue weighted by Gasteiger charge is -2.36. The zero-order chi connectivity index (χ0) is 12.7. The highest BCUT2D eigenvalue weighted by Crippen LogP contribution is 2.24. The van der Waals surface area contributed by atoms with E-state index in [1.807, 2.05) is 7.05 Å². The van der Waals surface area contributed by atoms with Crippen LogP contribution in [0.5, 0.6) is 0 Å². The van der Waals surface area contributed by atoms with Gasteiger partial charge in [-0.25, -0.2) is 0 Å². The summed E-state index contributed by atoms with van der Waals surface area (Å²) in [6, 6.07) is 0. The van der Waals surface area contributed by atoms with Gasteiger partial charge in [0, 0.05) is 44.1 Å². The molecule has 1 atom stereocenters. The van der Waals surface area contributed by atoms with Crippen LogP contribution < -0.4 is 5.32 Å². The molecule has 0 radical (unpaired) electrons. The van der Waals surface area contributed by atoms with Gasteiger partial charge in [-0.15, -0.1) is 12.3 Å². The van der Waals surface area contributed by atoms with Gasteiger partial charge in [0.1, 0.15) is 0 Å². The zero-order valence-corrected chi connectivity index (χ0v) is 11.9. The topological polar surface area (TPSA) is 27.6 Å². The second-order valence-corrected chi connectivity index (χ2v) is 5.87. The van der Waals surface area contributed by atoms with Crippen molar-refractivity contribution in [2.45, 2.75) is 25.5 Å². The smallest absolute Gasteiger partial charge is 0.193 e. The van der Waals surface area contributed by atoms with E-state index in [0.717, 1.165) is 32.0 Å². The fraction of sp³-hybridized carbons (Fsp3) is 0.769. The number of hydrogen-bond donors (Lipinski definition) is 1. The Labute approximate surface area is 109 Å². The monoisotopic (exact) mass is 253 g/mol. The molecular formula is C13H23N3S. The van der Waals surface area contributed by atoms with Gasteiger partial charge in [0.15, 0.2) is 5.96 Å². The maximum Gasteiger partial charge on any atom is 0.193 e. The van der Waals surface area contributed by atoms with Crippen LogP contribution >= 0.6 is 11.8 Å². The number of hydrogen-bond acceptors (Lipinski definition) is 2. The number of aliphatic imine (C=N–C) groups is 1. The first-order chi connectivity index (χ1) is 8.19. The highest BCUT2D eigenvalue weighted by atomic mass is 32.2. The molecule has 0 amide bonds. The van der Waals surface area contributed by atoms with Crippen LogP contribution in [0.2, 0.25) is 0 Å². The molecule has 0 aromatic carbocycles. The Morgan fingerprint density at radius 3 is 3.00 bits per heavy atom. The van der Waals surface area contributed by atoms with E-state index in [0.29, 0.717) is 11.2 Å². The third-order valence-electron chi connectivity index (χ3n) is 2.90. The fourth-order valence-electron chi connectivity index (χ4n) is 1.85. The predicted octanol–water partition coefficient (Wildman–Crippen LogP) is 1.66. The summed E-state index contributed by atoms with van der Waals surface area (Å²) in [4.78, 5) is 6.68. The molecule has 0 bridgehead atoms. The van der Waals surface area contributed by atoms with Crippen LogP contribution in [0.3, 0.4) is 0 Å². The van der Waals surface area contributed by atoms with E-state index in [9.17, 15) is 0 Å². The largest absolute Gasteiger partial charge is 0.355 e. The quantitative estimate of drug-likeness (QED) is 0.359. The molecule has 0 spiro atoms. The third kappa shape index (κ3) is 4.51. The Bertz CT molecular complexity index is 294. The van der Waals surface area contributed by atoms with Crippen LogP contribution in [0.25, 0.3) is 0 Å². The number of nitrogens with zero attached hydrogens (tertiary/aromatic N) is 2. The molecule has 0 aliphatic carbocycles. The van der Waals surface area contributed by atoms with Crippen molar-refractivity contribution in [3.05, 3.63) is 0 Å². The maximum atomic E-state index is 5.25. The molecule has 0 aromatic rings. The summed E-state index contributed by atoms with van der Waals surface area (Å²) in [5.41, 5.74) is 0. The van der Waals surface area contributed by atoms with Crippen molar-refractivity contribution in [1.82, 2.24) is 10.2 Å². The fourth-order valence-corrected chi connectivity index (χ4v) is 3.15. The second kappa shape index (κ2) is 7.50. The predicted molar refractivity (Wildman–Crippen MR) is 77.5 cm³/mol. The summed E-state index contributed by atoms with van der Waals surface area (Å²) in [7, 11) is 1.84. The van der Waals surface area contributed by atoms with Gasteiger partial charge in [-0.3, -0.25) is 4.99 Å². The zero-order valence-electron chi connectivity index (χ0n) is 11.1. The van der Waals surface area contributed by atoms with Crippen molar-refractivity contribution < 1.29 is 0 Å². The lowest BCUT2D eigenvalue weighted by Crippen LogP contribution is -2.49. The number of rotatable bonds is 3. The number of guanidine groups is 1. The number of nitrogens with one attached hydrogen (secondary N) is 1. The van der Waals surface area contributed by atoms with Gasteiger partial charge >= 0.3 is 0 Å². The number of terminal acetylenes is 1. The Morgan fingerprint density at radius 2 is 2.41 bits per heavy atom. The van der Waals surface area contributed by atoms with Gasteiger partial charge in [0.25, 0.3) is 0 Å². The normalized spacial score (nSPS) is 21.5. The first-order valence-electron chi connectivity index (χ1n) is 6.19. The van der Waals surface area contributed by atoms with Crippen LogP contribution in [-0.2, 0) is 0 Å². The van der Waals surface area contributed by atoms with Crippen molar-refractivity contribution in [2.24, 2.45) is 10.9 Å². The van der Waals surface area contributed by atoms with E-state index < -0.39 is 0 Å². The lowest BCUT2D eigenvalue weighted by atomic mass is 10.1. The molecule has 1 rings (SSSR count). The van der Waals surface area contributed by atoms with Crippen LogP contribution in [0, 0.1) is 18.3 Å². The molecule has 1 unspecified atom stereocenters. The number of thioether (sulfide) groups is 1. The molecular weight excluding hydrogens is 230 g/mol. The van der Waals surface area contributed by atoms with Gasteiger partial charge in [-0.05, 0) is 5.92 Å². The van der Waals surface area contributed by atoms with Crippen molar-refractivity contribution in [1.29, 1.82) is 0 Å². The first kappa shape index (κ1) is 14.2. The first-order valence-corrected chi connectivity index (χ1v) is 7.24. The Balaban J connectivity index is 2.49. The molecule has 96 valence electrons. The Morgan fingerprint density at radius 1 is 1.65 bits per heavy atom. The van der Waals surface area contributed by atoms with Crippen molar-refractivity contribution in [2.75, 3.05) is 32.4 Å². The van der Waals surface area contributed by atoms with Crippen molar-refractivity contribution in [3.63, 3.8) is 0 Å². The molecule has 4 heteroatoms. The van der Waals surface area contributed by atoms with Crippen molar-refractivity contribution >= 4 is 17.7 Å². The van der Waals surface area contributed by atoms with Gasteiger partial charge in [0.2, 0.25) is 0 Å². The van der Waals surface area contributed by atoms with Crippen molar-refractivity contribution in [3.8, 4) is 12.3 Å². The summed E-state index contributed by atoms with van der Waals surface area (Å²) >= 11 is 2.07. The third-order valence-corrected chi connectivity index (χ3v) is 4.44. The van der Waals surface area contributed by atoms with Gasteiger partial charge in [-0.1, -0.05) is 13.8 Å². The Hall–Kier alpha value is -0.820. The summed E-state index contributed by atoms with van der Waals surface area (Å²) in [6.45, 7) is 7.53. The van der Waals surface area contributed by atoms with Crippen LogP contribution in [-0.4, -0.2) is 48.5 Å². The molecule has 1 aliphatic rings. The average Bonchev–Trinajstić information content (AvgIpc) is 2.35. The summed E-state index contributed by atoms with van der Waals surface area (Å²) < 4.78 is 0. The average molecular weight is 253 g/mol. The molecule has 1 heterocycles. The SMILES string of the molecule is C#CCCNC(=NC)N1CCSC(C(C)C)C1. The minimum Gasteiger partial charge on any atom is -0.355 e. The minimum absolute atomic E-state index is 0.704. The molecule has 3 nitrogen and oxygen atoms in total. The minimum atomic E-state index is 0.704. The molecule has 0 aromatic heterocycles. The summed E-state index contributed by atoms with van der Waals surface area (Å²) in [5, 5.41) is 4.03. The Kier molecular flexibility index (Phi) is 6.28. The van der Waals surface area contributed by atoms with E-state index in [1.54, 1.807) is 0 Å². The summed E-state index contributed by atoms with van der Waals surface area (Å²) in [6.07, 6.45) is 5.99. The lowest BCUT2D eigenvalue weighted by molar-refractivity contribution is 0.381. The van der Waals surface area contributed by atoms with Gasteiger partial charge in [0.05, 0.1) is 0 Å². The van der Waals surface area contributed by atoms with Crippen LogP contribution in [0.4, 0.5) is 0 Å². The molecule has 1 fully saturated rings. The van der Waals surface area contributed by atoms with Gasteiger partial charge < -0.3 is 10.2 Å². The molecule has 1 aliphatic heterocycles. The van der Waals surface area contributed by atoms with E-state index >= 15 is 0 Å². The van der Waals surface area contributed by atoms with E-state index in [1.165, 1.54) is 5.75 Å².